The quantitative estimate of drug-likeness (QED) is 0.512. The van der Waals surface area contributed by atoms with E-state index in [0.29, 0.717) is 0 Å². The summed E-state index contributed by atoms with van der Waals surface area (Å²) in [6.45, 7) is 0.208. The van der Waals surface area contributed by atoms with Gasteiger partial charge in [-0.3, -0.25) is 0 Å². The lowest BCUT2D eigenvalue weighted by molar-refractivity contribution is -0.00000378. The van der Waals surface area contributed by atoms with Crippen molar-refractivity contribution in [1.29, 1.82) is 0 Å². The monoisotopic (exact) mass is 272 g/mol. The highest BCUT2D eigenvalue weighted by molar-refractivity contribution is 7.97. The van der Waals surface area contributed by atoms with Crippen molar-refractivity contribution in [3.63, 3.8) is 0 Å². The average molecular weight is 273 g/mol. The summed E-state index contributed by atoms with van der Waals surface area (Å²) in [5, 5.41) is 8.86. The molecule has 0 amide bonds. The van der Waals surface area contributed by atoms with E-state index >= 15 is 0 Å². The third-order valence-electron chi connectivity index (χ3n) is 1.67. The lowest BCUT2D eigenvalue weighted by atomic mass is 10.4. The molecular formula is C11H13BrOS. The van der Waals surface area contributed by atoms with Gasteiger partial charge >= 0.3 is 0 Å². The Balaban J connectivity index is 0.00000169. The first-order valence-electron chi connectivity index (χ1n) is 4.15. The van der Waals surface area contributed by atoms with Crippen molar-refractivity contribution in [3.05, 3.63) is 30.3 Å². The van der Waals surface area contributed by atoms with Gasteiger partial charge in [-0.25, -0.2) is 0 Å². The fourth-order valence-electron chi connectivity index (χ4n) is 1.10. The number of hydrogen-bond acceptors (Lipinski definition) is 1. The zero-order valence-corrected chi connectivity index (χ0v) is 10.2. The molecule has 3 heteroatoms. The number of terminal acetylenes is 1. The fraction of sp³-hybridized carbons (Fsp3) is 0.273. The van der Waals surface area contributed by atoms with Gasteiger partial charge < -0.3 is 22.1 Å². The molecule has 0 spiro atoms. The summed E-state index contributed by atoms with van der Waals surface area (Å²) in [4.78, 5) is 1.24. The minimum atomic E-state index is 0. The number of benzene rings is 1. The smallest absolute Gasteiger partial charge is 0.173 e. The van der Waals surface area contributed by atoms with E-state index in [2.05, 4.69) is 18.1 Å². The van der Waals surface area contributed by atoms with Crippen LogP contribution in [0.3, 0.4) is 0 Å². The summed E-state index contributed by atoms with van der Waals surface area (Å²) in [5.74, 6) is 4.15. The molecule has 0 saturated heterocycles. The molecule has 0 heterocycles. The minimum Gasteiger partial charge on any atom is -1.00 e. The Kier molecular flexibility index (Phi) is 7.68. The van der Waals surface area contributed by atoms with Gasteiger partial charge in [0.25, 0.3) is 0 Å². The van der Waals surface area contributed by atoms with Crippen LogP contribution in [0.25, 0.3) is 0 Å². The summed E-state index contributed by atoms with van der Waals surface area (Å²) in [6, 6.07) is 10.1. The second kappa shape index (κ2) is 7.93. The van der Waals surface area contributed by atoms with E-state index in [1.807, 2.05) is 18.2 Å². The van der Waals surface area contributed by atoms with Crippen LogP contribution < -0.4 is 17.0 Å². The Morgan fingerprint density at radius 3 is 2.43 bits per heavy atom. The van der Waals surface area contributed by atoms with Crippen LogP contribution in [0, 0.1) is 12.3 Å². The molecule has 1 nitrogen and oxygen atoms in total. The molecule has 0 aromatic heterocycles. The van der Waals surface area contributed by atoms with Crippen molar-refractivity contribution in [2.75, 3.05) is 18.1 Å². The maximum Gasteiger partial charge on any atom is 0.173 e. The third-order valence-corrected chi connectivity index (χ3v) is 3.80. The Bertz CT molecular complexity index is 281. The van der Waals surface area contributed by atoms with Crippen LogP contribution in [-0.4, -0.2) is 23.2 Å². The van der Waals surface area contributed by atoms with Crippen LogP contribution in [0.1, 0.15) is 0 Å². The van der Waals surface area contributed by atoms with E-state index in [1.165, 1.54) is 4.90 Å². The van der Waals surface area contributed by atoms with Crippen molar-refractivity contribution in [2.45, 2.75) is 4.90 Å². The van der Waals surface area contributed by atoms with Crippen molar-refractivity contribution in [2.24, 2.45) is 0 Å². The predicted molar refractivity (Wildman–Crippen MR) is 57.7 cm³/mol. The first-order chi connectivity index (χ1) is 6.38. The van der Waals surface area contributed by atoms with Crippen LogP contribution in [-0.2, 0) is 10.9 Å². The molecule has 0 radical (unpaired) electrons. The molecule has 0 aliphatic rings. The van der Waals surface area contributed by atoms with E-state index in [0.717, 1.165) is 11.5 Å². The van der Waals surface area contributed by atoms with Crippen LogP contribution in [0.15, 0.2) is 35.2 Å². The molecule has 1 aromatic carbocycles. The fourth-order valence-corrected chi connectivity index (χ4v) is 2.61. The summed E-state index contributed by atoms with van der Waals surface area (Å²) >= 11 is 0. The van der Waals surface area contributed by atoms with Gasteiger partial charge in [-0.1, -0.05) is 24.1 Å². The van der Waals surface area contributed by atoms with Crippen LogP contribution in [0.4, 0.5) is 0 Å². The first kappa shape index (κ1) is 13.6. The molecule has 0 fully saturated rings. The van der Waals surface area contributed by atoms with Crippen molar-refractivity contribution < 1.29 is 22.1 Å². The Morgan fingerprint density at radius 2 is 1.93 bits per heavy atom. The highest BCUT2D eigenvalue weighted by atomic mass is 79.9. The van der Waals surface area contributed by atoms with Gasteiger partial charge in [0.15, 0.2) is 10.6 Å². The predicted octanol–water partition coefficient (Wildman–Crippen LogP) is -1.71. The Morgan fingerprint density at radius 1 is 1.29 bits per heavy atom. The van der Waals surface area contributed by atoms with Gasteiger partial charge in [-0.15, -0.1) is 6.42 Å². The van der Waals surface area contributed by atoms with Gasteiger partial charge in [0, 0.05) is 10.9 Å². The Hall–Kier alpha value is -0.430. The number of halogens is 1. The third kappa shape index (κ3) is 4.19. The topological polar surface area (TPSA) is 20.2 Å². The maximum absolute atomic E-state index is 8.86. The largest absolute Gasteiger partial charge is 1.00 e. The zero-order valence-electron chi connectivity index (χ0n) is 7.82. The van der Waals surface area contributed by atoms with Gasteiger partial charge in [-0.05, 0) is 12.1 Å². The summed E-state index contributed by atoms with van der Waals surface area (Å²) in [7, 11) is 0.0260. The zero-order chi connectivity index (χ0) is 9.52. The second-order valence-electron chi connectivity index (χ2n) is 2.58. The van der Waals surface area contributed by atoms with E-state index in [1.54, 1.807) is 0 Å². The number of aliphatic hydroxyl groups is 1. The SMILES string of the molecule is C#CC[S+](CCO)c1ccccc1.[Br-]. The summed E-state index contributed by atoms with van der Waals surface area (Å²) in [6.07, 6.45) is 5.27. The van der Waals surface area contributed by atoms with E-state index in [9.17, 15) is 0 Å². The maximum atomic E-state index is 8.86. The summed E-state index contributed by atoms with van der Waals surface area (Å²) < 4.78 is 0. The molecule has 76 valence electrons. The molecule has 0 bridgehead atoms. The van der Waals surface area contributed by atoms with Crippen molar-refractivity contribution in [3.8, 4) is 12.3 Å². The van der Waals surface area contributed by atoms with Gasteiger partial charge in [-0.2, -0.15) is 0 Å². The normalized spacial score (nSPS) is 11.1. The molecule has 0 aliphatic heterocycles. The summed E-state index contributed by atoms with van der Waals surface area (Å²) in [5.41, 5.74) is 0. The highest BCUT2D eigenvalue weighted by Crippen LogP contribution is 2.12. The molecule has 1 rings (SSSR count). The molecule has 0 saturated carbocycles. The first-order valence-corrected chi connectivity index (χ1v) is 5.71. The van der Waals surface area contributed by atoms with E-state index in [4.69, 9.17) is 11.5 Å². The van der Waals surface area contributed by atoms with Gasteiger partial charge in [0.2, 0.25) is 0 Å². The van der Waals surface area contributed by atoms with Crippen molar-refractivity contribution in [1.82, 2.24) is 0 Å². The lowest BCUT2D eigenvalue weighted by Crippen LogP contribution is -3.00. The average Bonchev–Trinajstić information content (AvgIpc) is 2.19. The van der Waals surface area contributed by atoms with Gasteiger partial charge in [0.1, 0.15) is 5.75 Å². The number of rotatable bonds is 4. The lowest BCUT2D eigenvalue weighted by Gasteiger charge is -2.02. The second-order valence-corrected chi connectivity index (χ2v) is 4.74. The van der Waals surface area contributed by atoms with E-state index in [-0.39, 0.29) is 34.5 Å². The van der Waals surface area contributed by atoms with Gasteiger partial charge in [0.05, 0.1) is 6.61 Å². The van der Waals surface area contributed by atoms with Crippen molar-refractivity contribution >= 4 is 10.9 Å². The van der Waals surface area contributed by atoms with E-state index < -0.39 is 0 Å². The van der Waals surface area contributed by atoms with Crippen LogP contribution >= 0.6 is 0 Å². The number of hydrogen-bond donors (Lipinski definition) is 1. The molecule has 14 heavy (non-hydrogen) atoms. The van der Waals surface area contributed by atoms with Crippen LogP contribution in [0.5, 0.6) is 0 Å². The minimum absolute atomic E-state index is 0. The van der Waals surface area contributed by atoms with Crippen LogP contribution in [0.2, 0.25) is 0 Å². The standard InChI is InChI=1S/C11H13OS.BrH/c1-2-9-13(10-8-12)11-6-4-3-5-7-11;/h1,3-7,12H,8-10H2;1H/q+1;/p-1. The molecule has 1 atom stereocenters. The Labute approximate surface area is 98.7 Å². The molecule has 1 N–H and O–H groups in total. The molecule has 1 unspecified atom stereocenters. The number of aliphatic hydroxyl groups excluding tert-OH is 1. The highest BCUT2D eigenvalue weighted by Gasteiger charge is 2.18. The molecule has 0 aliphatic carbocycles. The molecular weight excluding hydrogens is 260 g/mol. The molecule has 1 aromatic rings.